The molecule has 1 saturated heterocycles. The summed E-state index contributed by atoms with van der Waals surface area (Å²) in [5.74, 6) is -0.960. The molecule has 1 fully saturated rings. The Bertz CT molecular complexity index is 1580. The van der Waals surface area contributed by atoms with Crippen molar-refractivity contribution in [3.8, 4) is 22.6 Å². The number of halogens is 5. The van der Waals surface area contributed by atoms with E-state index in [-0.39, 0.29) is 33.9 Å². The van der Waals surface area contributed by atoms with Crippen LogP contribution in [0.15, 0.2) is 72.8 Å². The van der Waals surface area contributed by atoms with E-state index in [0.29, 0.717) is 37.2 Å². The monoisotopic (exact) mass is 617 g/mol. The van der Waals surface area contributed by atoms with Gasteiger partial charge in [0, 0.05) is 18.7 Å². The molecule has 1 aliphatic heterocycles. The zero-order valence-electron chi connectivity index (χ0n) is 21.9. The largest absolute Gasteiger partial charge is 0.487 e. The number of hydrogen-bond donors (Lipinski definition) is 1. The summed E-state index contributed by atoms with van der Waals surface area (Å²) in [6.07, 6.45) is -3.80. The molecule has 0 saturated carbocycles. The molecule has 3 aromatic carbocycles. The molecular formula is C30H24Cl2F3N3O4. The summed E-state index contributed by atoms with van der Waals surface area (Å²) < 4.78 is 47.2. The Balaban J connectivity index is 1.26. The minimum atomic E-state index is -4.67. The number of carboxylic acids is 1. The second kappa shape index (κ2) is 12.1. The number of benzene rings is 3. The van der Waals surface area contributed by atoms with Gasteiger partial charge in [0.15, 0.2) is 5.69 Å². The Labute approximate surface area is 249 Å². The standard InChI is InChI=1S/C30H24Cl2F3N3O4/c31-24-2-1-3-25(32)27(24)38-22(16-26(36-38)30(33,34)35)17-42-23-10-8-19(9-11-23)18-4-6-20(7-5-18)28(39)37-14-12-21(13-15-37)29(40)41/h1-11,16,21H,12-15,17H2,(H,40,41). The number of piperidine rings is 1. The lowest BCUT2D eigenvalue weighted by Gasteiger charge is -2.30. The fourth-order valence-electron chi connectivity index (χ4n) is 4.76. The van der Waals surface area contributed by atoms with Crippen molar-refractivity contribution >= 4 is 35.1 Å². The van der Waals surface area contributed by atoms with E-state index in [0.717, 1.165) is 21.9 Å². The number of aromatic nitrogens is 2. The van der Waals surface area contributed by atoms with Crippen molar-refractivity contribution in [2.45, 2.75) is 25.6 Å². The number of para-hydroxylation sites is 1. The normalized spacial score (nSPS) is 14.2. The molecule has 0 aliphatic carbocycles. The van der Waals surface area contributed by atoms with Crippen molar-refractivity contribution in [3.05, 3.63) is 99.8 Å². The third-order valence-corrected chi connectivity index (χ3v) is 7.67. The zero-order chi connectivity index (χ0) is 30.0. The van der Waals surface area contributed by atoms with E-state index >= 15 is 0 Å². The Hall–Kier alpha value is -4.02. The molecule has 1 aliphatic rings. The molecule has 12 heteroatoms. The number of nitrogens with zero attached hydrogens (tertiary/aromatic N) is 3. The number of carbonyl (C=O) groups excluding carboxylic acids is 1. The van der Waals surface area contributed by atoms with Crippen LogP contribution in [-0.4, -0.2) is 44.8 Å². The second-order valence-electron chi connectivity index (χ2n) is 9.80. The maximum absolute atomic E-state index is 13.4. The summed E-state index contributed by atoms with van der Waals surface area (Å²) in [6.45, 7) is 0.579. The van der Waals surface area contributed by atoms with Gasteiger partial charge in [-0.05, 0) is 66.4 Å². The van der Waals surface area contributed by atoms with E-state index in [9.17, 15) is 22.8 Å². The van der Waals surface area contributed by atoms with Gasteiger partial charge in [0.25, 0.3) is 5.91 Å². The van der Waals surface area contributed by atoms with Gasteiger partial charge >= 0.3 is 12.1 Å². The first-order valence-electron chi connectivity index (χ1n) is 13.0. The van der Waals surface area contributed by atoms with Crippen molar-refractivity contribution in [1.82, 2.24) is 14.7 Å². The lowest BCUT2D eigenvalue weighted by Crippen LogP contribution is -2.40. The number of hydrogen-bond acceptors (Lipinski definition) is 4. The molecule has 4 aromatic rings. The van der Waals surface area contributed by atoms with Crippen LogP contribution in [0.3, 0.4) is 0 Å². The first-order valence-corrected chi connectivity index (χ1v) is 13.7. The highest BCUT2D eigenvalue weighted by atomic mass is 35.5. The number of amides is 1. The Morgan fingerprint density at radius 1 is 0.929 bits per heavy atom. The summed E-state index contributed by atoms with van der Waals surface area (Å²) in [5.41, 5.74) is 1.34. The fourth-order valence-corrected chi connectivity index (χ4v) is 5.32. The van der Waals surface area contributed by atoms with Gasteiger partial charge in [-0.25, -0.2) is 4.68 Å². The smallest absolute Gasteiger partial charge is 0.435 e. The van der Waals surface area contributed by atoms with Crippen molar-refractivity contribution in [1.29, 1.82) is 0 Å². The first-order chi connectivity index (χ1) is 20.0. The van der Waals surface area contributed by atoms with Crippen LogP contribution in [-0.2, 0) is 17.6 Å². The average Bonchev–Trinajstić information content (AvgIpc) is 3.40. The van der Waals surface area contributed by atoms with Crippen LogP contribution in [0.2, 0.25) is 10.0 Å². The molecule has 1 amide bonds. The van der Waals surface area contributed by atoms with Crippen LogP contribution < -0.4 is 4.74 Å². The third-order valence-electron chi connectivity index (χ3n) is 7.06. The molecule has 7 nitrogen and oxygen atoms in total. The van der Waals surface area contributed by atoms with E-state index in [1.165, 1.54) is 12.1 Å². The molecule has 42 heavy (non-hydrogen) atoms. The van der Waals surface area contributed by atoms with Gasteiger partial charge in [0.05, 0.1) is 21.7 Å². The van der Waals surface area contributed by atoms with Gasteiger partial charge in [0.1, 0.15) is 18.0 Å². The molecule has 0 radical (unpaired) electrons. The maximum atomic E-state index is 13.4. The summed E-state index contributed by atoms with van der Waals surface area (Å²) in [4.78, 5) is 25.7. The van der Waals surface area contributed by atoms with Crippen LogP contribution in [0, 0.1) is 5.92 Å². The van der Waals surface area contributed by atoms with E-state index < -0.39 is 23.8 Å². The fraction of sp³-hybridized carbons (Fsp3) is 0.233. The molecule has 1 N–H and O–H groups in total. The zero-order valence-corrected chi connectivity index (χ0v) is 23.5. The van der Waals surface area contributed by atoms with Crippen molar-refractivity contribution in [3.63, 3.8) is 0 Å². The first kappa shape index (κ1) is 29.5. The number of likely N-dealkylation sites (tertiary alicyclic amines) is 1. The maximum Gasteiger partial charge on any atom is 0.435 e. The number of rotatable bonds is 7. The predicted octanol–water partition coefficient (Wildman–Crippen LogP) is 7.38. The van der Waals surface area contributed by atoms with Crippen molar-refractivity contribution in [2.24, 2.45) is 5.92 Å². The van der Waals surface area contributed by atoms with Crippen LogP contribution >= 0.6 is 23.2 Å². The van der Waals surface area contributed by atoms with Gasteiger partial charge in [-0.2, -0.15) is 18.3 Å². The Morgan fingerprint density at radius 3 is 2.05 bits per heavy atom. The lowest BCUT2D eigenvalue weighted by molar-refractivity contribution is -0.143. The molecule has 218 valence electrons. The van der Waals surface area contributed by atoms with Crippen LogP contribution in [0.5, 0.6) is 5.75 Å². The summed E-state index contributed by atoms with van der Waals surface area (Å²) in [5, 5.41) is 13.1. The molecule has 0 unspecified atom stereocenters. The minimum absolute atomic E-state index is 0.105. The number of aliphatic carboxylic acids is 1. The highest BCUT2D eigenvalue weighted by Gasteiger charge is 2.35. The summed E-state index contributed by atoms with van der Waals surface area (Å²) in [7, 11) is 0. The molecule has 1 aromatic heterocycles. The highest BCUT2D eigenvalue weighted by Crippen LogP contribution is 2.34. The molecular weight excluding hydrogens is 594 g/mol. The molecule has 5 rings (SSSR count). The van der Waals surface area contributed by atoms with Crippen LogP contribution in [0.4, 0.5) is 13.2 Å². The van der Waals surface area contributed by atoms with Crippen molar-refractivity contribution in [2.75, 3.05) is 13.1 Å². The van der Waals surface area contributed by atoms with E-state index in [4.69, 9.17) is 33.0 Å². The molecule has 0 atom stereocenters. The Kier molecular flexibility index (Phi) is 8.47. The van der Waals surface area contributed by atoms with Gasteiger partial charge in [-0.1, -0.05) is 53.5 Å². The van der Waals surface area contributed by atoms with Gasteiger partial charge < -0.3 is 14.7 Å². The summed E-state index contributed by atoms with van der Waals surface area (Å²) >= 11 is 12.5. The lowest BCUT2D eigenvalue weighted by atomic mass is 9.96. The Morgan fingerprint density at radius 2 is 1.50 bits per heavy atom. The molecule has 2 heterocycles. The van der Waals surface area contributed by atoms with E-state index in [1.807, 2.05) is 12.1 Å². The quantitative estimate of drug-likeness (QED) is 0.234. The number of carboxylic acid groups (broad SMARTS) is 1. The third kappa shape index (κ3) is 6.39. The summed E-state index contributed by atoms with van der Waals surface area (Å²) in [6, 6.07) is 19.6. The molecule has 0 spiro atoms. The van der Waals surface area contributed by atoms with Gasteiger partial charge in [-0.15, -0.1) is 0 Å². The number of alkyl halides is 3. The predicted molar refractivity (Wildman–Crippen MR) is 151 cm³/mol. The second-order valence-corrected chi connectivity index (χ2v) is 10.6. The highest BCUT2D eigenvalue weighted by molar-refractivity contribution is 6.37. The molecule has 0 bridgehead atoms. The SMILES string of the molecule is O=C(O)C1CCN(C(=O)c2ccc(-c3ccc(OCc4cc(C(F)(F)F)nn4-c4c(Cl)cccc4Cl)cc3)cc2)CC1. The number of carbonyl (C=O) groups is 2. The van der Waals surface area contributed by atoms with Crippen LogP contribution in [0.25, 0.3) is 16.8 Å². The van der Waals surface area contributed by atoms with Crippen LogP contribution in [0.1, 0.15) is 34.6 Å². The van der Waals surface area contributed by atoms with E-state index in [2.05, 4.69) is 5.10 Å². The number of ether oxygens (including phenoxy) is 1. The topological polar surface area (TPSA) is 84.7 Å². The van der Waals surface area contributed by atoms with Crippen molar-refractivity contribution < 1.29 is 32.6 Å². The minimum Gasteiger partial charge on any atom is -0.487 e. The van der Waals surface area contributed by atoms with E-state index in [1.54, 1.807) is 47.4 Å². The van der Waals surface area contributed by atoms with Gasteiger partial charge in [0.2, 0.25) is 0 Å². The van der Waals surface area contributed by atoms with Gasteiger partial charge in [-0.3, -0.25) is 9.59 Å². The average molecular weight is 618 g/mol.